The van der Waals surface area contributed by atoms with Crippen molar-refractivity contribution in [2.24, 2.45) is 0 Å². The average molecular weight is 218 g/mol. The lowest BCUT2D eigenvalue weighted by Gasteiger charge is -2.05. The van der Waals surface area contributed by atoms with E-state index in [0.717, 1.165) is 6.07 Å². The fourth-order valence-corrected chi connectivity index (χ4v) is 1.73. The van der Waals surface area contributed by atoms with Crippen LogP contribution in [0.15, 0.2) is 23.1 Å². The van der Waals surface area contributed by atoms with Gasteiger partial charge in [0.05, 0.1) is 10.6 Å². The maximum absolute atomic E-state index is 13.2. The normalized spacial score (nSPS) is 11.4. The molecule has 0 aromatic heterocycles. The zero-order chi connectivity index (χ0) is 10.8. The molecule has 4 nitrogen and oxygen atoms in total. The van der Waals surface area contributed by atoms with E-state index in [4.69, 9.17) is 0 Å². The zero-order valence-corrected chi connectivity index (χ0v) is 8.65. The number of anilines is 1. The van der Waals surface area contributed by atoms with Gasteiger partial charge < -0.3 is 5.32 Å². The van der Waals surface area contributed by atoms with Crippen molar-refractivity contribution in [1.29, 1.82) is 0 Å². The van der Waals surface area contributed by atoms with Crippen LogP contribution < -0.4 is 10.0 Å². The Morgan fingerprint density at radius 2 is 1.93 bits per heavy atom. The highest BCUT2D eigenvalue weighted by Gasteiger charge is 2.13. The van der Waals surface area contributed by atoms with E-state index < -0.39 is 15.8 Å². The van der Waals surface area contributed by atoms with Crippen LogP contribution >= 0.6 is 0 Å². The highest BCUT2D eigenvalue weighted by molar-refractivity contribution is 7.89. The largest absolute Gasteiger partial charge is 0.386 e. The van der Waals surface area contributed by atoms with E-state index in [1.807, 2.05) is 0 Å². The molecule has 0 radical (unpaired) electrons. The van der Waals surface area contributed by atoms with E-state index in [1.165, 1.54) is 19.2 Å². The van der Waals surface area contributed by atoms with Crippen molar-refractivity contribution in [3.63, 3.8) is 0 Å². The monoisotopic (exact) mass is 218 g/mol. The van der Waals surface area contributed by atoms with Gasteiger partial charge in [-0.15, -0.1) is 0 Å². The molecule has 1 rings (SSSR count). The summed E-state index contributed by atoms with van der Waals surface area (Å²) < 4.78 is 37.8. The van der Waals surface area contributed by atoms with Gasteiger partial charge in [0.25, 0.3) is 0 Å². The minimum Gasteiger partial charge on any atom is -0.386 e. The molecule has 0 heterocycles. The van der Waals surface area contributed by atoms with Crippen LogP contribution in [-0.2, 0) is 10.0 Å². The molecule has 14 heavy (non-hydrogen) atoms. The topological polar surface area (TPSA) is 58.2 Å². The summed E-state index contributed by atoms with van der Waals surface area (Å²) in [5, 5.41) is 2.60. The number of nitrogens with one attached hydrogen (secondary N) is 2. The summed E-state index contributed by atoms with van der Waals surface area (Å²) in [4.78, 5) is -0.0866. The number of halogens is 1. The first-order valence-electron chi connectivity index (χ1n) is 3.92. The lowest BCUT2D eigenvalue weighted by molar-refractivity contribution is 0.584. The van der Waals surface area contributed by atoms with E-state index in [2.05, 4.69) is 10.0 Å². The van der Waals surface area contributed by atoms with Crippen molar-refractivity contribution >= 4 is 15.7 Å². The molecule has 0 aliphatic heterocycles. The predicted molar refractivity (Wildman–Crippen MR) is 52.2 cm³/mol. The number of rotatable bonds is 3. The Bertz CT molecular complexity index is 431. The molecule has 0 bridgehead atoms. The van der Waals surface area contributed by atoms with Gasteiger partial charge in [-0.05, 0) is 25.2 Å². The molecular weight excluding hydrogens is 207 g/mol. The molecule has 1 aromatic rings. The Morgan fingerprint density at radius 3 is 2.36 bits per heavy atom. The number of hydrogen-bond donors (Lipinski definition) is 2. The van der Waals surface area contributed by atoms with Crippen LogP contribution in [0.5, 0.6) is 0 Å². The van der Waals surface area contributed by atoms with Crippen LogP contribution in [0.4, 0.5) is 10.1 Å². The molecule has 0 aliphatic rings. The minimum absolute atomic E-state index is 0.0866. The fraction of sp³-hybridized carbons (Fsp3) is 0.250. The maximum Gasteiger partial charge on any atom is 0.240 e. The summed E-state index contributed by atoms with van der Waals surface area (Å²) in [7, 11) is -0.726. The van der Waals surface area contributed by atoms with E-state index in [1.54, 1.807) is 7.05 Å². The first-order chi connectivity index (χ1) is 6.51. The summed E-state index contributed by atoms with van der Waals surface area (Å²) in [5.74, 6) is -0.594. The predicted octanol–water partition coefficient (Wildman–Crippen LogP) is 0.775. The average Bonchev–Trinajstić information content (AvgIpc) is 2.17. The van der Waals surface area contributed by atoms with Crippen LogP contribution in [-0.4, -0.2) is 22.5 Å². The highest BCUT2D eigenvalue weighted by atomic mass is 32.2. The van der Waals surface area contributed by atoms with Gasteiger partial charge in [0.1, 0.15) is 5.82 Å². The highest BCUT2D eigenvalue weighted by Crippen LogP contribution is 2.17. The molecule has 0 saturated heterocycles. The first-order valence-corrected chi connectivity index (χ1v) is 5.40. The van der Waals surface area contributed by atoms with Gasteiger partial charge in [-0.2, -0.15) is 0 Å². The molecule has 0 aliphatic carbocycles. The number of hydrogen-bond acceptors (Lipinski definition) is 3. The van der Waals surface area contributed by atoms with Crippen LogP contribution in [0.25, 0.3) is 0 Å². The summed E-state index contributed by atoms with van der Waals surface area (Å²) in [6, 6.07) is 3.68. The van der Waals surface area contributed by atoms with Crippen molar-refractivity contribution in [2.75, 3.05) is 19.4 Å². The molecule has 0 amide bonds. The van der Waals surface area contributed by atoms with E-state index in [9.17, 15) is 12.8 Å². The second kappa shape index (κ2) is 3.93. The summed E-state index contributed by atoms with van der Waals surface area (Å²) >= 11 is 0. The lowest BCUT2D eigenvalue weighted by atomic mass is 10.3. The molecule has 6 heteroatoms. The Hall–Kier alpha value is -1.14. The van der Waals surface area contributed by atoms with Gasteiger partial charge >= 0.3 is 0 Å². The van der Waals surface area contributed by atoms with Crippen molar-refractivity contribution in [3.05, 3.63) is 24.0 Å². The van der Waals surface area contributed by atoms with Gasteiger partial charge in [-0.25, -0.2) is 17.5 Å². The summed E-state index contributed by atoms with van der Waals surface area (Å²) in [6.45, 7) is 0. The van der Waals surface area contributed by atoms with Crippen LogP contribution in [0.1, 0.15) is 0 Å². The molecule has 2 N–H and O–H groups in total. The third-order valence-corrected chi connectivity index (χ3v) is 3.20. The lowest BCUT2D eigenvalue weighted by Crippen LogP contribution is -2.18. The van der Waals surface area contributed by atoms with Crippen molar-refractivity contribution in [3.8, 4) is 0 Å². The Morgan fingerprint density at radius 1 is 1.29 bits per heavy atom. The maximum atomic E-state index is 13.2. The van der Waals surface area contributed by atoms with Crippen LogP contribution in [0, 0.1) is 5.82 Å². The molecule has 78 valence electrons. The standard InChI is InChI=1S/C8H11FN2O2S/c1-10-8-4-3-6(5-7(8)9)14(12,13)11-2/h3-5,10-11H,1-2H3. The molecule has 0 spiro atoms. The third kappa shape index (κ3) is 2.02. The Labute approximate surface area is 82.2 Å². The smallest absolute Gasteiger partial charge is 0.240 e. The molecule has 1 aromatic carbocycles. The molecule has 0 atom stereocenters. The summed E-state index contributed by atoms with van der Waals surface area (Å²) in [5.41, 5.74) is 0.264. The Balaban J connectivity index is 3.22. The molecule has 0 saturated carbocycles. The van der Waals surface area contributed by atoms with Crippen LogP contribution in [0.3, 0.4) is 0 Å². The van der Waals surface area contributed by atoms with Gasteiger partial charge in [0, 0.05) is 7.05 Å². The second-order valence-electron chi connectivity index (χ2n) is 2.60. The second-order valence-corrected chi connectivity index (χ2v) is 4.49. The van der Waals surface area contributed by atoms with Crippen molar-refractivity contribution < 1.29 is 12.8 Å². The van der Waals surface area contributed by atoms with Gasteiger partial charge in [-0.3, -0.25) is 0 Å². The summed E-state index contributed by atoms with van der Waals surface area (Å²) in [6.07, 6.45) is 0. The zero-order valence-electron chi connectivity index (χ0n) is 7.83. The van der Waals surface area contributed by atoms with Crippen molar-refractivity contribution in [1.82, 2.24) is 4.72 Å². The number of sulfonamides is 1. The minimum atomic E-state index is -3.56. The van der Waals surface area contributed by atoms with Gasteiger partial charge in [0.2, 0.25) is 10.0 Å². The SMILES string of the molecule is CNc1ccc(S(=O)(=O)NC)cc1F. The Kier molecular flexibility index (Phi) is 3.07. The fourth-order valence-electron chi connectivity index (χ4n) is 0.984. The van der Waals surface area contributed by atoms with Gasteiger partial charge in [-0.1, -0.05) is 0 Å². The van der Waals surface area contributed by atoms with E-state index in [-0.39, 0.29) is 10.6 Å². The van der Waals surface area contributed by atoms with Gasteiger partial charge in [0.15, 0.2) is 0 Å². The van der Waals surface area contributed by atoms with Crippen molar-refractivity contribution in [2.45, 2.75) is 4.90 Å². The van der Waals surface area contributed by atoms with E-state index in [0.29, 0.717) is 0 Å². The van der Waals surface area contributed by atoms with E-state index >= 15 is 0 Å². The molecular formula is C8H11FN2O2S. The molecule has 0 unspecified atom stereocenters. The quantitative estimate of drug-likeness (QED) is 0.788. The first kappa shape index (κ1) is 10.9. The third-order valence-electron chi connectivity index (χ3n) is 1.79. The van der Waals surface area contributed by atoms with Crippen LogP contribution in [0.2, 0.25) is 0 Å². The number of benzene rings is 1. The molecule has 0 fully saturated rings.